The van der Waals surface area contributed by atoms with Crippen molar-refractivity contribution in [3.05, 3.63) is 0 Å². The Labute approximate surface area is 98.6 Å². The number of nitrogens with two attached hydrogens (primary N) is 1. The van der Waals surface area contributed by atoms with Crippen LogP contribution >= 0.6 is 0 Å². The van der Waals surface area contributed by atoms with Crippen molar-refractivity contribution in [2.45, 2.75) is 6.92 Å². The molecule has 3 amide bonds. The highest BCUT2D eigenvalue weighted by atomic mass is 16.4. The molecular formula is C9H17N3O5. The topological polar surface area (TPSA) is 124 Å². The molecule has 4 N–H and O–H groups in total. The second-order valence-corrected chi connectivity index (χ2v) is 3.30. The van der Waals surface area contributed by atoms with Gasteiger partial charge in [0.15, 0.2) is 0 Å². The van der Waals surface area contributed by atoms with E-state index >= 15 is 0 Å². The number of rotatable bonds is 7. The standard InChI is InChI=1S/C9H17N3O5/c1-2-11(3-4-13)9(17)12(5-7(10)14)6-8(15)16/h13H,2-6H2,1H3,(H2,10,14)(H,15,16). The first-order valence-electron chi connectivity index (χ1n) is 5.07. The van der Waals surface area contributed by atoms with Gasteiger partial charge in [-0.2, -0.15) is 0 Å². The second kappa shape index (κ2) is 7.44. The molecule has 0 aliphatic heterocycles. The number of aliphatic hydroxyl groups excluding tert-OH is 1. The van der Waals surface area contributed by atoms with Crippen molar-refractivity contribution in [1.29, 1.82) is 0 Å². The molecule has 17 heavy (non-hydrogen) atoms. The number of hydrogen-bond acceptors (Lipinski definition) is 4. The molecule has 0 aromatic carbocycles. The first-order chi connectivity index (χ1) is 7.92. The quantitative estimate of drug-likeness (QED) is 0.494. The number of carboxylic acids is 1. The fourth-order valence-corrected chi connectivity index (χ4v) is 1.25. The van der Waals surface area contributed by atoms with Crippen molar-refractivity contribution in [1.82, 2.24) is 9.80 Å². The lowest BCUT2D eigenvalue weighted by Crippen LogP contribution is -2.49. The van der Waals surface area contributed by atoms with Crippen LogP contribution < -0.4 is 5.73 Å². The van der Waals surface area contributed by atoms with Gasteiger partial charge in [-0.25, -0.2) is 4.79 Å². The Morgan fingerprint density at radius 1 is 1.18 bits per heavy atom. The molecule has 0 aliphatic carbocycles. The van der Waals surface area contributed by atoms with Gasteiger partial charge in [-0.15, -0.1) is 0 Å². The summed E-state index contributed by atoms with van der Waals surface area (Å²) >= 11 is 0. The van der Waals surface area contributed by atoms with Crippen molar-refractivity contribution in [2.24, 2.45) is 5.73 Å². The third kappa shape index (κ3) is 5.71. The molecule has 0 atom stereocenters. The number of likely N-dealkylation sites (N-methyl/N-ethyl adjacent to an activating group) is 1. The molecule has 0 bridgehead atoms. The molecule has 0 rings (SSSR count). The smallest absolute Gasteiger partial charge is 0.323 e. The summed E-state index contributed by atoms with van der Waals surface area (Å²) in [6.07, 6.45) is 0. The third-order valence-electron chi connectivity index (χ3n) is 1.97. The monoisotopic (exact) mass is 247 g/mol. The van der Waals surface area contributed by atoms with Crippen molar-refractivity contribution in [3.63, 3.8) is 0 Å². The molecule has 0 saturated carbocycles. The molecule has 0 aromatic rings. The van der Waals surface area contributed by atoms with Crippen molar-refractivity contribution < 1.29 is 24.6 Å². The molecule has 8 heteroatoms. The zero-order valence-corrected chi connectivity index (χ0v) is 9.63. The summed E-state index contributed by atoms with van der Waals surface area (Å²) in [6.45, 7) is 0.739. The van der Waals surface area contributed by atoms with Gasteiger partial charge in [0.05, 0.1) is 6.61 Å². The molecular weight excluding hydrogens is 230 g/mol. The molecule has 0 radical (unpaired) electrons. The number of carbonyl (C=O) groups excluding carboxylic acids is 2. The van der Waals surface area contributed by atoms with E-state index in [1.165, 1.54) is 4.90 Å². The van der Waals surface area contributed by atoms with Gasteiger partial charge in [0.1, 0.15) is 13.1 Å². The number of primary amides is 1. The maximum Gasteiger partial charge on any atom is 0.323 e. The summed E-state index contributed by atoms with van der Waals surface area (Å²) in [5.41, 5.74) is 4.93. The SMILES string of the molecule is CCN(CCO)C(=O)N(CC(N)=O)CC(=O)O. The van der Waals surface area contributed by atoms with E-state index in [9.17, 15) is 14.4 Å². The number of hydrogen-bond donors (Lipinski definition) is 3. The highest BCUT2D eigenvalue weighted by Crippen LogP contribution is 1.99. The van der Waals surface area contributed by atoms with Crippen LogP contribution in [0.4, 0.5) is 4.79 Å². The van der Waals surface area contributed by atoms with E-state index < -0.39 is 31.0 Å². The van der Waals surface area contributed by atoms with Crippen molar-refractivity contribution >= 4 is 17.9 Å². The molecule has 0 unspecified atom stereocenters. The first-order valence-corrected chi connectivity index (χ1v) is 5.07. The van der Waals surface area contributed by atoms with E-state index in [0.29, 0.717) is 6.54 Å². The molecule has 0 spiro atoms. The zero-order valence-electron chi connectivity index (χ0n) is 9.63. The number of carbonyl (C=O) groups is 3. The molecule has 98 valence electrons. The van der Waals surface area contributed by atoms with E-state index in [-0.39, 0.29) is 13.2 Å². The summed E-state index contributed by atoms with van der Waals surface area (Å²) in [7, 11) is 0. The van der Waals surface area contributed by atoms with E-state index in [1.807, 2.05) is 0 Å². The summed E-state index contributed by atoms with van der Waals surface area (Å²) < 4.78 is 0. The Morgan fingerprint density at radius 2 is 1.76 bits per heavy atom. The lowest BCUT2D eigenvalue weighted by molar-refractivity contribution is -0.138. The van der Waals surface area contributed by atoms with E-state index in [0.717, 1.165) is 4.90 Å². The largest absolute Gasteiger partial charge is 0.480 e. The highest BCUT2D eigenvalue weighted by molar-refractivity contribution is 5.85. The van der Waals surface area contributed by atoms with Crippen LogP contribution in [0.3, 0.4) is 0 Å². The van der Waals surface area contributed by atoms with Crippen LogP contribution in [0.25, 0.3) is 0 Å². The molecule has 0 aromatic heterocycles. The van der Waals surface area contributed by atoms with Gasteiger partial charge in [-0.3, -0.25) is 9.59 Å². The van der Waals surface area contributed by atoms with Crippen LogP contribution in [0.5, 0.6) is 0 Å². The van der Waals surface area contributed by atoms with Gasteiger partial charge < -0.3 is 25.7 Å². The molecule has 0 heterocycles. The lowest BCUT2D eigenvalue weighted by Gasteiger charge is -2.27. The Balaban J connectivity index is 4.69. The van der Waals surface area contributed by atoms with Gasteiger partial charge in [-0.1, -0.05) is 0 Å². The maximum absolute atomic E-state index is 11.8. The molecule has 0 aliphatic rings. The number of aliphatic hydroxyl groups is 1. The van der Waals surface area contributed by atoms with E-state index in [1.54, 1.807) is 6.92 Å². The second-order valence-electron chi connectivity index (χ2n) is 3.30. The number of urea groups is 1. The van der Waals surface area contributed by atoms with Crippen LogP contribution in [-0.4, -0.2) is 70.7 Å². The van der Waals surface area contributed by atoms with Gasteiger partial charge in [-0.05, 0) is 6.92 Å². The summed E-state index contributed by atoms with van der Waals surface area (Å²) in [5.74, 6) is -2.03. The number of aliphatic carboxylic acids is 1. The first kappa shape index (κ1) is 15.2. The predicted molar refractivity (Wildman–Crippen MR) is 58.1 cm³/mol. The number of nitrogens with zero attached hydrogens (tertiary/aromatic N) is 2. The number of carboxylic acid groups (broad SMARTS) is 1. The van der Waals surface area contributed by atoms with Gasteiger partial charge >= 0.3 is 12.0 Å². The minimum Gasteiger partial charge on any atom is -0.480 e. The van der Waals surface area contributed by atoms with E-state index in [2.05, 4.69) is 0 Å². The Bertz CT molecular complexity index is 278. The zero-order chi connectivity index (χ0) is 13.4. The predicted octanol–water partition coefficient (Wildman–Crippen LogP) is -1.71. The van der Waals surface area contributed by atoms with Crippen LogP contribution in [0.15, 0.2) is 0 Å². The normalized spacial score (nSPS) is 9.76. The molecule has 0 fully saturated rings. The minimum absolute atomic E-state index is 0.0736. The minimum atomic E-state index is -1.24. The average molecular weight is 247 g/mol. The fourth-order valence-electron chi connectivity index (χ4n) is 1.25. The summed E-state index contributed by atoms with van der Waals surface area (Å²) in [5, 5.41) is 17.4. The Kier molecular flexibility index (Phi) is 6.64. The summed E-state index contributed by atoms with van der Waals surface area (Å²) in [4.78, 5) is 35.1. The van der Waals surface area contributed by atoms with Crippen LogP contribution in [0.2, 0.25) is 0 Å². The van der Waals surface area contributed by atoms with Gasteiger partial charge in [0, 0.05) is 13.1 Å². The van der Waals surface area contributed by atoms with Crippen molar-refractivity contribution in [3.8, 4) is 0 Å². The van der Waals surface area contributed by atoms with Crippen LogP contribution in [0, 0.1) is 0 Å². The third-order valence-corrected chi connectivity index (χ3v) is 1.97. The van der Waals surface area contributed by atoms with Crippen LogP contribution in [-0.2, 0) is 9.59 Å². The maximum atomic E-state index is 11.8. The highest BCUT2D eigenvalue weighted by Gasteiger charge is 2.22. The van der Waals surface area contributed by atoms with E-state index in [4.69, 9.17) is 15.9 Å². The van der Waals surface area contributed by atoms with Gasteiger partial charge in [0.25, 0.3) is 0 Å². The Hall–Kier alpha value is -1.83. The summed E-state index contributed by atoms with van der Waals surface area (Å²) in [6, 6.07) is -0.636. The average Bonchev–Trinajstić information content (AvgIpc) is 2.22. The molecule has 8 nitrogen and oxygen atoms in total. The van der Waals surface area contributed by atoms with Gasteiger partial charge in [0.2, 0.25) is 5.91 Å². The number of amides is 3. The fraction of sp³-hybridized carbons (Fsp3) is 0.667. The van der Waals surface area contributed by atoms with Crippen LogP contribution in [0.1, 0.15) is 6.92 Å². The lowest BCUT2D eigenvalue weighted by atomic mass is 10.4. The Morgan fingerprint density at radius 3 is 2.12 bits per heavy atom. The van der Waals surface area contributed by atoms with Crippen molar-refractivity contribution in [2.75, 3.05) is 32.8 Å². The molecule has 0 saturated heterocycles.